The van der Waals surface area contributed by atoms with Crippen LogP contribution in [0.5, 0.6) is 23.0 Å². The maximum Gasteiger partial charge on any atom is 0.161 e. The van der Waals surface area contributed by atoms with Crippen LogP contribution in [-0.4, -0.2) is 20.4 Å². The van der Waals surface area contributed by atoms with Crippen molar-refractivity contribution in [2.24, 2.45) is 0 Å². The highest BCUT2D eigenvalue weighted by atomic mass is 16.3. The monoisotopic (exact) mass is 364 g/mol. The van der Waals surface area contributed by atoms with Gasteiger partial charge in [0, 0.05) is 22.6 Å². The molecule has 0 spiro atoms. The van der Waals surface area contributed by atoms with Crippen LogP contribution >= 0.6 is 0 Å². The Kier molecular flexibility index (Phi) is 4.75. The van der Waals surface area contributed by atoms with Crippen LogP contribution in [0.2, 0.25) is 0 Å². The summed E-state index contributed by atoms with van der Waals surface area (Å²) in [4.78, 5) is 0. The fourth-order valence-electron chi connectivity index (χ4n) is 3.90. The zero-order chi connectivity index (χ0) is 19.9. The van der Waals surface area contributed by atoms with Crippen molar-refractivity contribution in [3.8, 4) is 23.0 Å². The van der Waals surface area contributed by atoms with Crippen molar-refractivity contribution < 1.29 is 20.4 Å². The summed E-state index contributed by atoms with van der Waals surface area (Å²) in [5.41, 5.74) is 5.08. The molecule has 0 aliphatic heterocycles. The molecule has 0 fully saturated rings. The van der Waals surface area contributed by atoms with Crippen molar-refractivity contribution in [2.45, 2.75) is 33.6 Å². The summed E-state index contributed by atoms with van der Waals surface area (Å²) in [7, 11) is 0. The summed E-state index contributed by atoms with van der Waals surface area (Å²) < 4.78 is 0. The zero-order valence-electron chi connectivity index (χ0n) is 15.9. The summed E-state index contributed by atoms with van der Waals surface area (Å²) in [5.74, 6) is -0.982. The van der Waals surface area contributed by atoms with Gasteiger partial charge in [-0.3, -0.25) is 0 Å². The average molecular weight is 364 g/mol. The molecule has 0 heterocycles. The third-order valence-electron chi connectivity index (χ3n) is 4.95. The van der Waals surface area contributed by atoms with Crippen LogP contribution in [-0.2, 0) is 0 Å². The number of aromatic hydroxyl groups is 4. The van der Waals surface area contributed by atoms with E-state index in [0.717, 1.165) is 22.3 Å². The van der Waals surface area contributed by atoms with Gasteiger partial charge < -0.3 is 20.4 Å². The van der Waals surface area contributed by atoms with Gasteiger partial charge in [0.25, 0.3) is 0 Å². The van der Waals surface area contributed by atoms with Gasteiger partial charge in [0.05, 0.1) is 0 Å². The van der Waals surface area contributed by atoms with E-state index in [-0.39, 0.29) is 23.0 Å². The Morgan fingerprint density at radius 2 is 1.11 bits per heavy atom. The summed E-state index contributed by atoms with van der Waals surface area (Å²) in [5, 5.41) is 42.1. The molecular formula is C23H24O4. The van der Waals surface area contributed by atoms with E-state index in [1.807, 2.05) is 39.8 Å². The molecule has 0 radical (unpaired) electrons. The maximum absolute atomic E-state index is 10.7. The summed E-state index contributed by atoms with van der Waals surface area (Å²) in [6.07, 6.45) is 0. The van der Waals surface area contributed by atoms with Gasteiger partial charge in [0.2, 0.25) is 0 Å². The third kappa shape index (κ3) is 3.31. The van der Waals surface area contributed by atoms with E-state index in [4.69, 9.17) is 0 Å². The lowest BCUT2D eigenvalue weighted by Gasteiger charge is -2.26. The van der Waals surface area contributed by atoms with Crippen molar-refractivity contribution >= 4 is 0 Å². The van der Waals surface area contributed by atoms with Gasteiger partial charge in [-0.1, -0.05) is 24.3 Å². The van der Waals surface area contributed by atoms with E-state index < -0.39 is 5.92 Å². The molecule has 140 valence electrons. The van der Waals surface area contributed by atoms with E-state index >= 15 is 0 Å². The first kappa shape index (κ1) is 18.6. The van der Waals surface area contributed by atoms with Crippen molar-refractivity contribution in [1.29, 1.82) is 0 Å². The Morgan fingerprint density at radius 3 is 1.56 bits per heavy atom. The quantitative estimate of drug-likeness (QED) is 0.393. The topological polar surface area (TPSA) is 80.9 Å². The van der Waals surface area contributed by atoms with Crippen molar-refractivity contribution in [3.05, 3.63) is 81.4 Å². The standard InChI is InChI=1S/C23H24O4/c1-12-8-14(3)20(18(25)10-12)22(16-6-5-7-17(24)23(16)27)21-15(4)9-13(2)11-19(21)26/h5-11,22,24-27H,1-4H3. The third-order valence-corrected chi connectivity index (χ3v) is 4.95. The Hall–Kier alpha value is -3.14. The molecule has 0 aliphatic rings. The number of hydrogen-bond donors (Lipinski definition) is 4. The SMILES string of the molecule is Cc1cc(C)c(C(c2cccc(O)c2O)c2c(C)cc(C)cc2O)c(O)c1. The fourth-order valence-corrected chi connectivity index (χ4v) is 3.90. The molecule has 4 nitrogen and oxygen atoms in total. The number of phenolic OH excluding ortho intramolecular Hbond substituents is 4. The number of para-hydroxylation sites is 1. The van der Waals surface area contributed by atoms with Crippen LogP contribution < -0.4 is 0 Å². The molecule has 0 bridgehead atoms. The van der Waals surface area contributed by atoms with Gasteiger partial charge in [-0.05, 0) is 68.1 Å². The molecule has 0 atom stereocenters. The van der Waals surface area contributed by atoms with Gasteiger partial charge in [-0.2, -0.15) is 0 Å². The Bertz CT molecular complexity index is 917. The predicted molar refractivity (Wildman–Crippen MR) is 106 cm³/mol. The van der Waals surface area contributed by atoms with Crippen LogP contribution in [0.15, 0.2) is 42.5 Å². The minimum atomic E-state index is -0.640. The number of phenols is 4. The Balaban J connectivity index is 2.41. The molecule has 0 amide bonds. The lowest BCUT2D eigenvalue weighted by Crippen LogP contribution is -2.09. The predicted octanol–water partition coefficient (Wildman–Crippen LogP) is 4.92. The molecule has 3 aromatic carbocycles. The van der Waals surface area contributed by atoms with Crippen LogP contribution in [0.25, 0.3) is 0 Å². The second kappa shape index (κ2) is 6.88. The van der Waals surface area contributed by atoms with E-state index in [1.165, 1.54) is 6.07 Å². The first-order valence-corrected chi connectivity index (χ1v) is 8.81. The average Bonchev–Trinajstić information content (AvgIpc) is 2.54. The highest BCUT2D eigenvalue weighted by molar-refractivity contribution is 5.62. The van der Waals surface area contributed by atoms with E-state index in [2.05, 4.69) is 0 Å². The molecule has 3 rings (SSSR count). The molecule has 27 heavy (non-hydrogen) atoms. The summed E-state index contributed by atoms with van der Waals surface area (Å²) in [6, 6.07) is 12.0. The number of rotatable bonds is 3. The Morgan fingerprint density at radius 1 is 0.630 bits per heavy atom. The lowest BCUT2D eigenvalue weighted by atomic mass is 9.79. The largest absolute Gasteiger partial charge is 0.508 e. The summed E-state index contributed by atoms with van der Waals surface area (Å²) in [6.45, 7) is 7.56. The molecule has 4 heteroatoms. The summed E-state index contributed by atoms with van der Waals surface area (Å²) >= 11 is 0. The number of benzene rings is 3. The molecule has 0 aliphatic carbocycles. The van der Waals surface area contributed by atoms with Gasteiger partial charge in [-0.25, -0.2) is 0 Å². The minimum Gasteiger partial charge on any atom is -0.508 e. The van der Waals surface area contributed by atoms with E-state index in [0.29, 0.717) is 16.7 Å². The number of hydrogen-bond acceptors (Lipinski definition) is 4. The molecule has 4 N–H and O–H groups in total. The molecule has 3 aromatic rings. The number of aryl methyl sites for hydroxylation is 4. The fraction of sp³-hybridized carbons (Fsp3) is 0.217. The smallest absolute Gasteiger partial charge is 0.161 e. The van der Waals surface area contributed by atoms with Gasteiger partial charge in [0.15, 0.2) is 11.5 Å². The van der Waals surface area contributed by atoms with Crippen LogP contribution in [0.1, 0.15) is 44.9 Å². The maximum atomic E-state index is 10.7. The highest BCUT2D eigenvalue weighted by Gasteiger charge is 2.29. The van der Waals surface area contributed by atoms with E-state index in [1.54, 1.807) is 24.3 Å². The highest BCUT2D eigenvalue weighted by Crippen LogP contribution is 2.48. The molecule has 0 unspecified atom stereocenters. The molecular weight excluding hydrogens is 340 g/mol. The second-order valence-electron chi connectivity index (χ2n) is 7.18. The first-order valence-electron chi connectivity index (χ1n) is 8.81. The molecule has 0 aromatic heterocycles. The van der Waals surface area contributed by atoms with Crippen LogP contribution in [0, 0.1) is 27.7 Å². The van der Waals surface area contributed by atoms with Crippen LogP contribution in [0.4, 0.5) is 0 Å². The van der Waals surface area contributed by atoms with Gasteiger partial charge >= 0.3 is 0 Å². The molecule has 0 saturated carbocycles. The lowest BCUT2D eigenvalue weighted by molar-refractivity contribution is 0.397. The second-order valence-corrected chi connectivity index (χ2v) is 7.18. The first-order chi connectivity index (χ1) is 12.7. The van der Waals surface area contributed by atoms with Crippen molar-refractivity contribution in [3.63, 3.8) is 0 Å². The van der Waals surface area contributed by atoms with Crippen LogP contribution in [0.3, 0.4) is 0 Å². The van der Waals surface area contributed by atoms with Crippen molar-refractivity contribution in [2.75, 3.05) is 0 Å². The Labute approximate surface area is 159 Å². The zero-order valence-corrected chi connectivity index (χ0v) is 15.9. The molecule has 0 saturated heterocycles. The minimum absolute atomic E-state index is 0.0830. The van der Waals surface area contributed by atoms with Gasteiger partial charge in [0.1, 0.15) is 11.5 Å². The van der Waals surface area contributed by atoms with Crippen molar-refractivity contribution in [1.82, 2.24) is 0 Å². The van der Waals surface area contributed by atoms with E-state index in [9.17, 15) is 20.4 Å². The normalized spacial score (nSPS) is 11.1. The van der Waals surface area contributed by atoms with Gasteiger partial charge in [-0.15, -0.1) is 0 Å².